The van der Waals surface area contributed by atoms with Crippen molar-refractivity contribution in [2.45, 2.75) is 4.90 Å². The zero-order chi connectivity index (χ0) is 15.1. The SMILES string of the molecule is FSc1cnc(F)cc1-c1ccc2c(n1)[nH]c1ccncc12. The summed E-state index contributed by atoms with van der Waals surface area (Å²) in [5.74, 6) is -0.671. The number of aromatic nitrogens is 4. The predicted octanol–water partition coefficient (Wildman–Crippen LogP) is 4.29. The van der Waals surface area contributed by atoms with Crippen LogP contribution in [0.2, 0.25) is 0 Å². The molecule has 4 nitrogen and oxygen atoms in total. The topological polar surface area (TPSA) is 54.5 Å². The van der Waals surface area contributed by atoms with Crippen molar-refractivity contribution in [2.24, 2.45) is 0 Å². The molecule has 0 radical (unpaired) electrons. The lowest BCUT2D eigenvalue weighted by molar-refractivity contribution is 0.582. The lowest BCUT2D eigenvalue weighted by Crippen LogP contribution is -1.90. The van der Waals surface area contributed by atoms with Crippen LogP contribution in [0.4, 0.5) is 8.28 Å². The molecule has 4 aromatic rings. The standard InChI is InChI=1S/C15H8F2N4S/c16-14-5-9(13(22-17)7-19-14)11-2-1-8-10-6-18-4-3-12(10)21-15(8)20-11/h1-7H,(H,20,21). The zero-order valence-electron chi connectivity index (χ0n) is 11.0. The van der Waals surface area contributed by atoms with Crippen molar-refractivity contribution in [1.82, 2.24) is 19.9 Å². The Hall–Kier alpha value is -2.54. The molecule has 4 heterocycles. The highest BCUT2D eigenvalue weighted by Crippen LogP contribution is 2.32. The summed E-state index contributed by atoms with van der Waals surface area (Å²) < 4.78 is 26.4. The van der Waals surface area contributed by atoms with Gasteiger partial charge in [0.25, 0.3) is 0 Å². The average Bonchev–Trinajstić information content (AvgIpc) is 2.92. The monoisotopic (exact) mass is 314 g/mol. The number of nitrogens with zero attached hydrogens (tertiary/aromatic N) is 3. The molecule has 0 unspecified atom stereocenters. The molecule has 0 saturated carbocycles. The average molecular weight is 314 g/mol. The molecular weight excluding hydrogens is 306 g/mol. The van der Waals surface area contributed by atoms with E-state index in [2.05, 4.69) is 19.9 Å². The molecule has 0 spiro atoms. The van der Waals surface area contributed by atoms with Crippen LogP contribution in [0.25, 0.3) is 33.2 Å². The highest BCUT2D eigenvalue weighted by Gasteiger charge is 2.12. The minimum atomic E-state index is -0.671. The molecule has 0 aliphatic heterocycles. The van der Waals surface area contributed by atoms with Gasteiger partial charge in [0.05, 0.1) is 28.3 Å². The van der Waals surface area contributed by atoms with E-state index in [4.69, 9.17) is 0 Å². The normalized spacial score (nSPS) is 11.4. The Labute approximate surface area is 127 Å². The van der Waals surface area contributed by atoms with Gasteiger partial charge in [-0.1, -0.05) is 0 Å². The predicted molar refractivity (Wildman–Crippen MR) is 81.5 cm³/mol. The maximum Gasteiger partial charge on any atom is 0.213 e. The molecule has 0 bridgehead atoms. The Bertz CT molecular complexity index is 999. The van der Waals surface area contributed by atoms with Gasteiger partial charge < -0.3 is 4.98 Å². The van der Waals surface area contributed by atoms with Gasteiger partial charge in [-0.25, -0.2) is 9.97 Å². The van der Waals surface area contributed by atoms with E-state index >= 15 is 0 Å². The Morgan fingerprint density at radius 1 is 1.09 bits per heavy atom. The molecule has 0 atom stereocenters. The van der Waals surface area contributed by atoms with Gasteiger partial charge in [0.1, 0.15) is 5.65 Å². The fourth-order valence-corrected chi connectivity index (χ4v) is 2.79. The van der Waals surface area contributed by atoms with Crippen LogP contribution in [-0.2, 0) is 0 Å². The van der Waals surface area contributed by atoms with Gasteiger partial charge in [0, 0.05) is 41.0 Å². The van der Waals surface area contributed by atoms with Gasteiger partial charge in [0.2, 0.25) is 5.95 Å². The van der Waals surface area contributed by atoms with Crippen LogP contribution in [0.1, 0.15) is 0 Å². The number of H-pyrrole nitrogens is 1. The summed E-state index contributed by atoms with van der Waals surface area (Å²) in [4.78, 5) is 15.4. The van der Waals surface area contributed by atoms with Gasteiger partial charge in [-0.2, -0.15) is 8.28 Å². The van der Waals surface area contributed by atoms with E-state index in [1.165, 1.54) is 6.07 Å². The van der Waals surface area contributed by atoms with Crippen LogP contribution in [0, 0.1) is 5.95 Å². The highest BCUT2D eigenvalue weighted by molar-refractivity contribution is 7.94. The van der Waals surface area contributed by atoms with Gasteiger partial charge in [-0.15, -0.1) is 0 Å². The molecule has 0 aliphatic rings. The van der Waals surface area contributed by atoms with Crippen LogP contribution in [0.5, 0.6) is 0 Å². The van der Waals surface area contributed by atoms with E-state index in [9.17, 15) is 8.28 Å². The number of pyridine rings is 3. The van der Waals surface area contributed by atoms with E-state index in [-0.39, 0.29) is 17.0 Å². The van der Waals surface area contributed by atoms with E-state index < -0.39 is 5.95 Å². The summed E-state index contributed by atoms with van der Waals surface area (Å²) in [5, 5.41) is 1.87. The third-order valence-electron chi connectivity index (χ3n) is 3.45. The summed E-state index contributed by atoms with van der Waals surface area (Å²) in [5.41, 5.74) is 2.41. The lowest BCUT2D eigenvalue weighted by atomic mass is 10.1. The van der Waals surface area contributed by atoms with Crippen LogP contribution in [0.3, 0.4) is 0 Å². The molecule has 1 N–H and O–H groups in total. The highest BCUT2D eigenvalue weighted by atomic mass is 32.2. The van der Waals surface area contributed by atoms with Gasteiger partial charge in [0.15, 0.2) is 0 Å². The first-order valence-corrected chi connectivity index (χ1v) is 7.15. The number of aromatic amines is 1. The molecular formula is C15H8F2N4S. The van der Waals surface area contributed by atoms with E-state index in [1.54, 1.807) is 18.5 Å². The fourth-order valence-electron chi connectivity index (χ4n) is 2.45. The van der Waals surface area contributed by atoms with E-state index in [1.807, 2.05) is 12.1 Å². The molecule has 0 aromatic carbocycles. The third kappa shape index (κ3) is 2.01. The first-order chi connectivity index (χ1) is 10.8. The van der Waals surface area contributed by atoms with Crippen LogP contribution in [0.15, 0.2) is 47.8 Å². The maximum absolute atomic E-state index is 13.4. The van der Waals surface area contributed by atoms with Crippen LogP contribution < -0.4 is 0 Å². The first-order valence-electron chi connectivity index (χ1n) is 6.43. The minimum absolute atomic E-state index is 0.0200. The van der Waals surface area contributed by atoms with Crippen molar-refractivity contribution < 1.29 is 8.28 Å². The summed E-state index contributed by atoms with van der Waals surface area (Å²) in [6.45, 7) is 0. The van der Waals surface area contributed by atoms with Crippen molar-refractivity contribution in [3.8, 4) is 11.3 Å². The van der Waals surface area contributed by atoms with E-state index in [0.717, 1.165) is 22.5 Å². The molecule has 0 amide bonds. The van der Waals surface area contributed by atoms with Gasteiger partial charge in [-0.05, 0) is 18.2 Å². The maximum atomic E-state index is 13.4. The quantitative estimate of drug-likeness (QED) is 0.561. The van der Waals surface area contributed by atoms with Crippen LogP contribution in [-0.4, -0.2) is 19.9 Å². The molecule has 22 heavy (non-hydrogen) atoms. The minimum Gasteiger partial charge on any atom is -0.339 e. The van der Waals surface area contributed by atoms with Crippen molar-refractivity contribution in [1.29, 1.82) is 0 Å². The molecule has 7 heteroatoms. The Kier molecular flexibility index (Phi) is 3.00. The summed E-state index contributed by atoms with van der Waals surface area (Å²) >= 11 is 0.0200. The first kappa shape index (κ1) is 13.1. The Balaban J connectivity index is 1.97. The molecule has 0 saturated heterocycles. The number of nitrogens with one attached hydrogen (secondary N) is 1. The van der Waals surface area contributed by atoms with Gasteiger partial charge >= 0.3 is 0 Å². The summed E-state index contributed by atoms with van der Waals surface area (Å²) in [7, 11) is 0. The van der Waals surface area contributed by atoms with Crippen molar-refractivity contribution in [3.63, 3.8) is 0 Å². The lowest BCUT2D eigenvalue weighted by Gasteiger charge is -2.04. The molecule has 4 rings (SSSR count). The zero-order valence-corrected chi connectivity index (χ0v) is 11.9. The summed E-state index contributed by atoms with van der Waals surface area (Å²) in [6, 6.07) is 6.63. The summed E-state index contributed by atoms with van der Waals surface area (Å²) in [6.07, 6.45) is 4.61. The van der Waals surface area contributed by atoms with E-state index in [0.29, 0.717) is 16.9 Å². The smallest absolute Gasteiger partial charge is 0.213 e. The molecule has 0 fully saturated rings. The second-order valence-corrected chi connectivity index (χ2v) is 5.31. The fraction of sp³-hybridized carbons (Fsp3) is 0. The van der Waals surface area contributed by atoms with Gasteiger partial charge in [-0.3, -0.25) is 4.98 Å². The van der Waals surface area contributed by atoms with Crippen molar-refractivity contribution >= 4 is 34.1 Å². The number of hydrogen-bond donors (Lipinski definition) is 1. The van der Waals surface area contributed by atoms with Crippen LogP contribution >= 0.6 is 12.1 Å². The molecule has 108 valence electrons. The Morgan fingerprint density at radius 3 is 2.86 bits per heavy atom. The Morgan fingerprint density at radius 2 is 2.00 bits per heavy atom. The largest absolute Gasteiger partial charge is 0.339 e. The number of hydrogen-bond acceptors (Lipinski definition) is 4. The molecule has 0 aliphatic carbocycles. The third-order valence-corrected chi connectivity index (χ3v) is 3.94. The second-order valence-electron chi connectivity index (χ2n) is 4.72. The number of rotatable bonds is 2. The van der Waals surface area contributed by atoms with Crippen molar-refractivity contribution in [2.75, 3.05) is 0 Å². The number of fused-ring (bicyclic) bond motifs is 3. The second kappa shape index (κ2) is 5.03. The van der Waals surface area contributed by atoms with Crippen molar-refractivity contribution in [3.05, 3.63) is 48.8 Å². The number of halogens is 2. The molecule has 4 aromatic heterocycles.